The Balaban J connectivity index is 1.52. The van der Waals surface area contributed by atoms with Crippen LogP contribution in [-0.4, -0.2) is 54.0 Å². The Morgan fingerprint density at radius 3 is 2.75 bits per heavy atom. The number of imide groups is 1. The van der Waals surface area contributed by atoms with E-state index in [1.807, 2.05) is 18.2 Å². The summed E-state index contributed by atoms with van der Waals surface area (Å²) in [5.74, 6) is -0.809. The molecule has 3 heterocycles. The molecule has 8 nitrogen and oxygen atoms in total. The normalized spacial score (nSPS) is 24.2. The second-order valence-corrected chi connectivity index (χ2v) is 7.80. The molecule has 0 aliphatic carbocycles. The van der Waals surface area contributed by atoms with Crippen LogP contribution in [0.15, 0.2) is 18.2 Å². The molecule has 8 heteroatoms. The smallest absolute Gasteiger partial charge is 0.255 e. The van der Waals surface area contributed by atoms with Gasteiger partial charge in [-0.1, -0.05) is 18.2 Å². The Morgan fingerprint density at radius 1 is 1.25 bits per heavy atom. The second-order valence-electron chi connectivity index (χ2n) is 7.80. The number of amides is 3. The van der Waals surface area contributed by atoms with E-state index in [9.17, 15) is 14.4 Å². The number of hydrogen-bond donors (Lipinski definition) is 3. The van der Waals surface area contributed by atoms with Crippen molar-refractivity contribution < 1.29 is 19.1 Å². The summed E-state index contributed by atoms with van der Waals surface area (Å²) in [4.78, 5) is 38.4. The van der Waals surface area contributed by atoms with E-state index in [-0.39, 0.29) is 29.7 Å². The molecule has 0 bridgehead atoms. The third-order valence-electron chi connectivity index (χ3n) is 6.13. The van der Waals surface area contributed by atoms with Crippen LogP contribution in [0.25, 0.3) is 0 Å². The molecule has 1 atom stereocenters. The van der Waals surface area contributed by atoms with E-state index in [1.165, 1.54) is 0 Å². The Hall–Kier alpha value is -2.29. The van der Waals surface area contributed by atoms with Crippen molar-refractivity contribution in [3.63, 3.8) is 0 Å². The number of nitrogens with one attached hydrogen (secondary N) is 2. The van der Waals surface area contributed by atoms with E-state index in [0.29, 0.717) is 44.8 Å². The topological polar surface area (TPSA) is 114 Å². The molecule has 1 aromatic rings. The maximum atomic E-state index is 13.1. The van der Waals surface area contributed by atoms with Crippen molar-refractivity contribution in [3.05, 3.63) is 34.9 Å². The lowest BCUT2D eigenvalue weighted by atomic mass is 9.89. The number of benzene rings is 1. The Kier molecular flexibility index (Phi) is 5.18. The van der Waals surface area contributed by atoms with E-state index < -0.39 is 6.04 Å². The highest BCUT2D eigenvalue weighted by Gasteiger charge is 2.40. The molecule has 3 aliphatic rings. The summed E-state index contributed by atoms with van der Waals surface area (Å²) in [6, 6.07) is 5.22. The number of ether oxygens (including phenoxy) is 1. The number of carbonyl (C=O) groups excluding carboxylic acids is 3. The van der Waals surface area contributed by atoms with Crippen LogP contribution in [0.5, 0.6) is 0 Å². The SMILES string of the molecule is NCC1(NCc2cccc3c2C(=O)N(C2CCC(=O)NC2=O)C3)CCOCC1. The summed E-state index contributed by atoms with van der Waals surface area (Å²) < 4.78 is 5.45. The summed E-state index contributed by atoms with van der Waals surface area (Å²) in [6.45, 7) is 2.81. The van der Waals surface area contributed by atoms with E-state index in [2.05, 4.69) is 10.6 Å². The summed E-state index contributed by atoms with van der Waals surface area (Å²) in [7, 11) is 0. The fourth-order valence-corrected chi connectivity index (χ4v) is 4.34. The molecule has 2 saturated heterocycles. The van der Waals surface area contributed by atoms with Gasteiger partial charge < -0.3 is 20.7 Å². The molecular formula is C20H26N4O4. The molecule has 2 fully saturated rings. The van der Waals surface area contributed by atoms with Crippen LogP contribution in [0.1, 0.15) is 47.2 Å². The molecule has 0 saturated carbocycles. The van der Waals surface area contributed by atoms with Gasteiger partial charge in [0.15, 0.2) is 0 Å². The lowest BCUT2D eigenvalue weighted by Crippen LogP contribution is -2.54. The Labute approximate surface area is 163 Å². The van der Waals surface area contributed by atoms with Crippen LogP contribution in [-0.2, 0) is 27.4 Å². The zero-order valence-electron chi connectivity index (χ0n) is 15.8. The molecule has 28 heavy (non-hydrogen) atoms. The van der Waals surface area contributed by atoms with Crippen LogP contribution < -0.4 is 16.4 Å². The maximum absolute atomic E-state index is 13.1. The van der Waals surface area contributed by atoms with Crippen molar-refractivity contribution in [1.29, 1.82) is 0 Å². The third kappa shape index (κ3) is 3.43. The zero-order chi connectivity index (χ0) is 19.7. The highest BCUT2D eigenvalue weighted by molar-refractivity contribution is 6.05. The first-order valence-electron chi connectivity index (χ1n) is 9.81. The first-order valence-corrected chi connectivity index (χ1v) is 9.81. The van der Waals surface area contributed by atoms with Crippen LogP contribution in [0, 0.1) is 0 Å². The summed E-state index contributed by atoms with van der Waals surface area (Å²) in [6.07, 6.45) is 2.31. The van der Waals surface area contributed by atoms with Gasteiger partial charge in [-0.15, -0.1) is 0 Å². The third-order valence-corrected chi connectivity index (χ3v) is 6.13. The number of fused-ring (bicyclic) bond motifs is 1. The molecule has 0 spiro atoms. The molecule has 4 rings (SSSR count). The first kappa shape index (κ1) is 19.0. The molecule has 3 amide bonds. The van der Waals surface area contributed by atoms with Gasteiger partial charge in [0, 0.05) is 50.4 Å². The molecule has 0 aromatic heterocycles. The van der Waals surface area contributed by atoms with Gasteiger partial charge in [-0.25, -0.2) is 0 Å². The van der Waals surface area contributed by atoms with Gasteiger partial charge in [0.05, 0.1) is 0 Å². The minimum Gasteiger partial charge on any atom is -0.381 e. The van der Waals surface area contributed by atoms with Crippen molar-refractivity contribution in [1.82, 2.24) is 15.5 Å². The fraction of sp³-hybridized carbons (Fsp3) is 0.550. The molecule has 150 valence electrons. The monoisotopic (exact) mass is 386 g/mol. The number of piperidine rings is 1. The van der Waals surface area contributed by atoms with Crippen LogP contribution in [0.4, 0.5) is 0 Å². The predicted octanol–water partition coefficient (Wildman–Crippen LogP) is 0.0451. The first-order chi connectivity index (χ1) is 13.5. The van der Waals surface area contributed by atoms with Crippen molar-refractivity contribution >= 4 is 17.7 Å². The predicted molar refractivity (Wildman–Crippen MR) is 101 cm³/mol. The van der Waals surface area contributed by atoms with Crippen molar-refractivity contribution in [2.45, 2.75) is 50.4 Å². The van der Waals surface area contributed by atoms with Crippen molar-refractivity contribution in [2.24, 2.45) is 5.73 Å². The average molecular weight is 386 g/mol. The summed E-state index contributed by atoms with van der Waals surface area (Å²) >= 11 is 0. The molecule has 3 aliphatic heterocycles. The average Bonchev–Trinajstić information content (AvgIpc) is 3.04. The fourth-order valence-electron chi connectivity index (χ4n) is 4.34. The lowest BCUT2D eigenvalue weighted by molar-refractivity contribution is -0.136. The van der Waals surface area contributed by atoms with Gasteiger partial charge in [-0.3, -0.25) is 19.7 Å². The van der Waals surface area contributed by atoms with Gasteiger partial charge in [0.25, 0.3) is 5.91 Å². The number of nitrogens with two attached hydrogens (primary N) is 1. The van der Waals surface area contributed by atoms with Crippen molar-refractivity contribution in [3.8, 4) is 0 Å². The summed E-state index contributed by atoms with van der Waals surface area (Å²) in [5.41, 5.74) is 8.35. The highest BCUT2D eigenvalue weighted by Crippen LogP contribution is 2.30. The number of nitrogens with zero attached hydrogens (tertiary/aromatic N) is 1. The molecule has 1 aromatic carbocycles. The largest absolute Gasteiger partial charge is 0.381 e. The zero-order valence-corrected chi connectivity index (χ0v) is 15.8. The van der Waals surface area contributed by atoms with Gasteiger partial charge in [0.1, 0.15) is 6.04 Å². The number of rotatable bonds is 5. The van der Waals surface area contributed by atoms with Crippen molar-refractivity contribution in [2.75, 3.05) is 19.8 Å². The Morgan fingerprint density at radius 2 is 2.04 bits per heavy atom. The van der Waals surface area contributed by atoms with Gasteiger partial charge in [0.2, 0.25) is 11.8 Å². The van der Waals surface area contributed by atoms with Gasteiger partial charge in [-0.05, 0) is 30.4 Å². The van der Waals surface area contributed by atoms with Crippen LogP contribution >= 0.6 is 0 Å². The molecule has 0 radical (unpaired) electrons. The molecular weight excluding hydrogens is 360 g/mol. The van der Waals surface area contributed by atoms with Crippen LogP contribution in [0.3, 0.4) is 0 Å². The van der Waals surface area contributed by atoms with E-state index in [1.54, 1.807) is 4.90 Å². The quantitative estimate of drug-likeness (QED) is 0.616. The summed E-state index contributed by atoms with van der Waals surface area (Å²) in [5, 5.41) is 5.90. The molecule has 4 N–H and O–H groups in total. The second kappa shape index (κ2) is 7.62. The number of carbonyl (C=O) groups is 3. The van der Waals surface area contributed by atoms with E-state index >= 15 is 0 Å². The minimum atomic E-state index is -0.593. The lowest BCUT2D eigenvalue weighted by Gasteiger charge is -2.37. The van der Waals surface area contributed by atoms with E-state index in [0.717, 1.165) is 24.0 Å². The van der Waals surface area contributed by atoms with Crippen LogP contribution in [0.2, 0.25) is 0 Å². The van der Waals surface area contributed by atoms with E-state index in [4.69, 9.17) is 10.5 Å². The number of hydrogen-bond acceptors (Lipinski definition) is 6. The minimum absolute atomic E-state index is 0.143. The van der Waals surface area contributed by atoms with Gasteiger partial charge >= 0.3 is 0 Å². The Bertz CT molecular complexity index is 803. The molecule has 1 unspecified atom stereocenters. The van der Waals surface area contributed by atoms with Gasteiger partial charge in [-0.2, -0.15) is 0 Å². The maximum Gasteiger partial charge on any atom is 0.255 e. The highest BCUT2D eigenvalue weighted by atomic mass is 16.5. The standard InChI is InChI=1S/C20H26N4O4/c21-12-20(6-8-28-9-7-20)22-10-13-2-1-3-14-11-24(19(27)17(13)14)15-4-5-16(25)23-18(15)26/h1-3,15,22H,4-12,21H2,(H,23,25,26).